The summed E-state index contributed by atoms with van der Waals surface area (Å²) in [6.45, 7) is 2.30. The molecule has 0 bridgehead atoms. The van der Waals surface area contributed by atoms with E-state index in [-0.39, 0.29) is 17.2 Å². The summed E-state index contributed by atoms with van der Waals surface area (Å²) < 4.78 is 0. The third kappa shape index (κ3) is 4.57. The van der Waals surface area contributed by atoms with Gasteiger partial charge in [0, 0.05) is 13.0 Å². The van der Waals surface area contributed by atoms with Gasteiger partial charge < -0.3 is 15.7 Å². The SMILES string of the molecule is CCNC(=O)C(Cc1ccccc1)NC(=O)c1ccccc1O. The van der Waals surface area contributed by atoms with E-state index < -0.39 is 11.9 Å². The Hall–Kier alpha value is -2.82. The summed E-state index contributed by atoms with van der Waals surface area (Å²) in [5.74, 6) is -0.838. The fraction of sp³-hybridized carbons (Fsp3) is 0.222. The molecule has 0 radical (unpaired) electrons. The molecule has 1 unspecified atom stereocenters. The van der Waals surface area contributed by atoms with Crippen LogP contribution in [0.4, 0.5) is 0 Å². The van der Waals surface area contributed by atoms with Crippen LogP contribution >= 0.6 is 0 Å². The van der Waals surface area contributed by atoms with Gasteiger partial charge in [-0.25, -0.2) is 0 Å². The first kappa shape index (κ1) is 16.5. The molecule has 5 nitrogen and oxygen atoms in total. The Kier molecular flexibility index (Phi) is 5.74. The van der Waals surface area contributed by atoms with E-state index in [4.69, 9.17) is 0 Å². The Balaban J connectivity index is 2.15. The van der Waals surface area contributed by atoms with Gasteiger partial charge in [0.05, 0.1) is 5.56 Å². The number of nitrogens with one attached hydrogen (secondary N) is 2. The molecular weight excluding hydrogens is 292 g/mol. The number of carbonyl (C=O) groups is 2. The Bertz CT molecular complexity index is 671. The Labute approximate surface area is 135 Å². The molecule has 2 aromatic carbocycles. The summed E-state index contributed by atoms with van der Waals surface area (Å²) in [5, 5.41) is 15.2. The molecule has 0 heterocycles. The monoisotopic (exact) mass is 312 g/mol. The lowest BCUT2D eigenvalue weighted by Crippen LogP contribution is -2.48. The van der Waals surface area contributed by atoms with E-state index in [1.54, 1.807) is 12.1 Å². The van der Waals surface area contributed by atoms with E-state index >= 15 is 0 Å². The summed E-state index contributed by atoms with van der Waals surface area (Å²) in [4.78, 5) is 24.5. The topological polar surface area (TPSA) is 78.4 Å². The summed E-state index contributed by atoms with van der Waals surface area (Å²) >= 11 is 0. The molecule has 0 spiro atoms. The molecule has 0 saturated carbocycles. The van der Waals surface area contributed by atoms with Crippen molar-refractivity contribution in [2.75, 3.05) is 6.54 Å². The van der Waals surface area contributed by atoms with Crippen molar-refractivity contribution in [1.82, 2.24) is 10.6 Å². The number of para-hydroxylation sites is 1. The molecule has 0 aliphatic heterocycles. The maximum atomic E-state index is 12.3. The first-order valence-electron chi connectivity index (χ1n) is 7.52. The average molecular weight is 312 g/mol. The Morgan fingerprint density at radius 2 is 1.70 bits per heavy atom. The van der Waals surface area contributed by atoms with Crippen molar-refractivity contribution in [3.8, 4) is 5.75 Å². The summed E-state index contributed by atoms with van der Waals surface area (Å²) in [6.07, 6.45) is 0.381. The molecule has 0 saturated heterocycles. The van der Waals surface area contributed by atoms with Crippen LogP contribution in [-0.2, 0) is 11.2 Å². The van der Waals surface area contributed by atoms with Crippen molar-refractivity contribution in [1.29, 1.82) is 0 Å². The Morgan fingerprint density at radius 1 is 1.04 bits per heavy atom. The molecule has 2 aromatic rings. The van der Waals surface area contributed by atoms with Gasteiger partial charge in [0.2, 0.25) is 5.91 Å². The standard InChI is InChI=1S/C18H20N2O3/c1-2-19-18(23)15(12-13-8-4-3-5-9-13)20-17(22)14-10-6-7-11-16(14)21/h3-11,15,21H,2,12H2,1H3,(H,19,23)(H,20,22). The molecule has 0 aliphatic carbocycles. The number of likely N-dealkylation sites (N-methyl/N-ethyl adjacent to an activating group) is 1. The number of hydrogen-bond acceptors (Lipinski definition) is 3. The van der Waals surface area contributed by atoms with Crippen molar-refractivity contribution < 1.29 is 14.7 Å². The van der Waals surface area contributed by atoms with Crippen LogP contribution in [0.1, 0.15) is 22.8 Å². The van der Waals surface area contributed by atoms with Gasteiger partial charge in [-0.1, -0.05) is 42.5 Å². The summed E-state index contributed by atoms with van der Waals surface area (Å²) in [5.41, 5.74) is 1.09. The zero-order valence-corrected chi connectivity index (χ0v) is 13.0. The number of aromatic hydroxyl groups is 1. The average Bonchev–Trinajstić information content (AvgIpc) is 2.55. The molecule has 5 heteroatoms. The molecular formula is C18H20N2O3. The zero-order valence-electron chi connectivity index (χ0n) is 13.0. The highest BCUT2D eigenvalue weighted by Crippen LogP contribution is 2.15. The van der Waals surface area contributed by atoms with Gasteiger partial charge in [-0.15, -0.1) is 0 Å². The molecule has 2 amide bonds. The smallest absolute Gasteiger partial charge is 0.255 e. The third-order valence-corrected chi connectivity index (χ3v) is 3.40. The fourth-order valence-electron chi connectivity index (χ4n) is 2.26. The molecule has 0 fully saturated rings. The lowest BCUT2D eigenvalue weighted by molar-refractivity contribution is -0.122. The first-order valence-corrected chi connectivity index (χ1v) is 7.52. The molecule has 3 N–H and O–H groups in total. The lowest BCUT2D eigenvalue weighted by atomic mass is 10.0. The lowest BCUT2D eigenvalue weighted by Gasteiger charge is -2.18. The molecule has 2 rings (SSSR count). The predicted molar refractivity (Wildman–Crippen MR) is 88.2 cm³/mol. The van der Waals surface area contributed by atoms with Gasteiger partial charge in [-0.3, -0.25) is 9.59 Å². The normalized spacial score (nSPS) is 11.5. The van der Waals surface area contributed by atoms with Gasteiger partial charge in [-0.2, -0.15) is 0 Å². The van der Waals surface area contributed by atoms with Gasteiger partial charge in [0.25, 0.3) is 5.91 Å². The van der Waals surface area contributed by atoms with Crippen LogP contribution in [0.25, 0.3) is 0 Å². The quantitative estimate of drug-likeness (QED) is 0.762. The number of phenols is 1. The molecule has 1 atom stereocenters. The van der Waals surface area contributed by atoms with Crippen LogP contribution < -0.4 is 10.6 Å². The second kappa shape index (κ2) is 7.98. The van der Waals surface area contributed by atoms with Crippen molar-refractivity contribution in [3.05, 3.63) is 65.7 Å². The Morgan fingerprint density at radius 3 is 2.35 bits per heavy atom. The van der Waals surface area contributed by atoms with E-state index in [2.05, 4.69) is 10.6 Å². The minimum atomic E-state index is -0.704. The first-order chi connectivity index (χ1) is 11.1. The van der Waals surface area contributed by atoms with Crippen LogP contribution in [0.3, 0.4) is 0 Å². The van der Waals surface area contributed by atoms with Crippen LogP contribution in [0.5, 0.6) is 5.75 Å². The van der Waals surface area contributed by atoms with E-state index in [0.717, 1.165) is 5.56 Å². The number of amides is 2. The summed E-state index contributed by atoms with van der Waals surface area (Å²) in [6, 6.07) is 15.0. The van der Waals surface area contributed by atoms with Crippen molar-refractivity contribution in [2.24, 2.45) is 0 Å². The number of carbonyl (C=O) groups excluding carboxylic acids is 2. The summed E-state index contributed by atoms with van der Waals surface area (Å²) in [7, 11) is 0. The van der Waals surface area contributed by atoms with Gasteiger partial charge >= 0.3 is 0 Å². The van der Waals surface area contributed by atoms with E-state index in [0.29, 0.717) is 13.0 Å². The molecule has 0 aliphatic rings. The minimum Gasteiger partial charge on any atom is -0.507 e. The number of phenolic OH excluding ortho intramolecular Hbond substituents is 1. The molecule has 23 heavy (non-hydrogen) atoms. The predicted octanol–water partition coefficient (Wildman–Crippen LogP) is 1.87. The number of benzene rings is 2. The minimum absolute atomic E-state index is 0.112. The zero-order chi connectivity index (χ0) is 16.7. The van der Waals surface area contributed by atoms with E-state index in [1.165, 1.54) is 12.1 Å². The highest BCUT2D eigenvalue weighted by molar-refractivity contribution is 5.99. The van der Waals surface area contributed by atoms with Gasteiger partial charge in [0.15, 0.2) is 0 Å². The maximum absolute atomic E-state index is 12.3. The fourth-order valence-corrected chi connectivity index (χ4v) is 2.26. The van der Waals surface area contributed by atoms with Crippen LogP contribution in [0.2, 0.25) is 0 Å². The molecule has 0 aromatic heterocycles. The second-order valence-corrected chi connectivity index (χ2v) is 5.13. The highest BCUT2D eigenvalue weighted by atomic mass is 16.3. The van der Waals surface area contributed by atoms with Gasteiger partial charge in [0.1, 0.15) is 11.8 Å². The maximum Gasteiger partial charge on any atom is 0.255 e. The van der Waals surface area contributed by atoms with E-state index in [1.807, 2.05) is 37.3 Å². The molecule has 120 valence electrons. The number of hydrogen-bond donors (Lipinski definition) is 3. The third-order valence-electron chi connectivity index (χ3n) is 3.40. The van der Waals surface area contributed by atoms with Crippen LogP contribution in [0.15, 0.2) is 54.6 Å². The van der Waals surface area contributed by atoms with Crippen LogP contribution in [0, 0.1) is 0 Å². The van der Waals surface area contributed by atoms with Crippen molar-refractivity contribution in [3.63, 3.8) is 0 Å². The largest absolute Gasteiger partial charge is 0.507 e. The van der Waals surface area contributed by atoms with Crippen LogP contribution in [-0.4, -0.2) is 29.5 Å². The van der Waals surface area contributed by atoms with Crippen molar-refractivity contribution >= 4 is 11.8 Å². The number of rotatable bonds is 6. The highest BCUT2D eigenvalue weighted by Gasteiger charge is 2.22. The van der Waals surface area contributed by atoms with Gasteiger partial charge in [-0.05, 0) is 24.6 Å². The van der Waals surface area contributed by atoms with E-state index in [9.17, 15) is 14.7 Å². The van der Waals surface area contributed by atoms with Crippen molar-refractivity contribution in [2.45, 2.75) is 19.4 Å². The second-order valence-electron chi connectivity index (χ2n) is 5.13.